The molecule has 0 radical (unpaired) electrons. The highest BCUT2D eigenvalue weighted by molar-refractivity contribution is 7.89. The summed E-state index contributed by atoms with van der Waals surface area (Å²) in [4.78, 5) is 12.2. The SMILES string of the molecule is Cc1nnc(CNC(=O)CCc2ccc(S(=O)(=O)N3CCCCC3)cc2)o1. The smallest absolute Gasteiger partial charge is 0.243 e. The molecule has 2 aromatic rings. The molecule has 0 saturated carbocycles. The Kier molecular flexibility index (Phi) is 6.22. The lowest BCUT2D eigenvalue weighted by atomic mass is 10.1. The highest BCUT2D eigenvalue weighted by Crippen LogP contribution is 2.21. The number of aromatic nitrogens is 2. The monoisotopic (exact) mass is 392 g/mol. The van der Waals surface area contributed by atoms with Gasteiger partial charge in [-0.25, -0.2) is 8.42 Å². The molecule has 1 fully saturated rings. The molecule has 146 valence electrons. The van der Waals surface area contributed by atoms with Crippen molar-refractivity contribution >= 4 is 15.9 Å². The van der Waals surface area contributed by atoms with E-state index in [1.165, 1.54) is 0 Å². The Labute approximate surface area is 159 Å². The van der Waals surface area contributed by atoms with Gasteiger partial charge in [-0.2, -0.15) is 4.31 Å². The quantitative estimate of drug-likeness (QED) is 0.770. The fourth-order valence-corrected chi connectivity index (χ4v) is 4.53. The van der Waals surface area contributed by atoms with Gasteiger partial charge in [0.1, 0.15) is 0 Å². The molecule has 1 amide bonds. The van der Waals surface area contributed by atoms with Crippen molar-refractivity contribution in [2.75, 3.05) is 13.1 Å². The van der Waals surface area contributed by atoms with Crippen molar-refractivity contribution in [3.63, 3.8) is 0 Å². The van der Waals surface area contributed by atoms with Crippen molar-refractivity contribution in [1.29, 1.82) is 0 Å². The van der Waals surface area contributed by atoms with Crippen molar-refractivity contribution in [2.45, 2.75) is 50.5 Å². The molecule has 8 nitrogen and oxygen atoms in total. The summed E-state index contributed by atoms with van der Waals surface area (Å²) in [6.07, 6.45) is 3.73. The lowest BCUT2D eigenvalue weighted by Gasteiger charge is -2.25. The molecule has 27 heavy (non-hydrogen) atoms. The van der Waals surface area contributed by atoms with Crippen LogP contribution in [-0.2, 0) is 27.8 Å². The number of sulfonamides is 1. The van der Waals surface area contributed by atoms with Crippen molar-refractivity contribution in [2.24, 2.45) is 0 Å². The topological polar surface area (TPSA) is 105 Å². The summed E-state index contributed by atoms with van der Waals surface area (Å²) in [5, 5.41) is 10.2. The van der Waals surface area contributed by atoms with Crippen LogP contribution in [0.1, 0.15) is 43.0 Å². The number of amides is 1. The molecule has 9 heteroatoms. The molecule has 1 aliphatic rings. The van der Waals surface area contributed by atoms with Gasteiger partial charge in [0.25, 0.3) is 0 Å². The van der Waals surface area contributed by atoms with Gasteiger partial charge in [-0.1, -0.05) is 18.6 Å². The zero-order valence-corrected chi connectivity index (χ0v) is 16.2. The lowest BCUT2D eigenvalue weighted by Crippen LogP contribution is -2.35. The van der Waals surface area contributed by atoms with Crippen LogP contribution in [0.4, 0.5) is 0 Å². The number of hydrogen-bond donors (Lipinski definition) is 1. The minimum Gasteiger partial charge on any atom is -0.424 e. The van der Waals surface area contributed by atoms with Gasteiger partial charge < -0.3 is 9.73 Å². The van der Waals surface area contributed by atoms with Gasteiger partial charge in [-0.3, -0.25) is 4.79 Å². The van der Waals surface area contributed by atoms with Crippen LogP contribution in [0.15, 0.2) is 33.6 Å². The number of rotatable bonds is 7. The first-order valence-electron chi connectivity index (χ1n) is 9.10. The molecule has 1 N–H and O–H groups in total. The summed E-state index contributed by atoms with van der Waals surface area (Å²) in [7, 11) is -3.42. The van der Waals surface area contributed by atoms with Crippen molar-refractivity contribution in [3.8, 4) is 0 Å². The van der Waals surface area contributed by atoms with E-state index in [2.05, 4.69) is 15.5 Å². The van der Waals surface area contributed by atoms with Crippen LogP contribution < -0.4 is 5.32 Å². The Morgan fingerprint density at radius 3 is 2.48 bits per heavy atom. The highest BCUT2D eigenvalue weighted by Gasteiger charge is 2.25. The molecule has 0 unspecified atom stereocenters. The minimum absolute atomic E-state index is 0.129. The van der Waals surface area contributed by atoms with Crippen LogP contribution in [0.25, 0.3) is 0 Å². The number of carbonyl (C=O) groups is 1. The zero-order chi connectivity index (χ0) is 19.3. The summed E-state index contributed by atoms with van der Waals surface area (Å²) in [6.45, 7) is 3.06. The molecule has 1 aromatic heterocycles. The standard InChI is InChI=1S/C18H24N4O4S/c1-14-20-21-18(26-14)13-19-17(23)10-7-15-5-8-16(9-6-15)27(24,25)22-11-3-2-4-12-22/h5-6,8-9H,2-4,7,10-13H2,1H3,(H,19,23). The van der Waals surface area contributed by atoms with Crippen LogP contribution >= 0.6 is 0 Å². The Bertz CT molecular complexity index is 871. The lowest BCUT2D eigenvalue weighted by molar-refractivity contribution is -0.121. The Hall–Kier alpha value is -2.26. The molecule has 2 heterocycles. The fraction of sp³-hybridized carbons (Fsp3) is 0.500. The van der Waals surface area contributed by atoms with Crippen LogP contribution in [-0.4, -0.2) is 41.9 Å². The maximum absolute atomic E-state index is 12.6. The number of carbonyl (C=O) groups excluding carboxylic acids is 1. The largest absolute Gasteiger partial charge is 0.424 e. The maximum Gasteiger partial charge on any atom is 0.243 e. The molecule has 0 atom stereocenters. The van der Waals surface area contributed by atoms with Crippen LogP contribution in [0.3, 0.4) is 0 Å². The van der Waals surface area contributed by atoms with Gasteiger partial charge in [0.05, 0.1) is 11.4 Å². The number of piperidine rings is 1. The van der Waals surface area contributed by atoms with Crippen molar-refractivity contribution < 1.29 is 17.6 Å². The second kappa shape index (κ2) is 8.62. The third-order valence-electron chi connectivity index (χ3n) is 4.52. The summed E-state index contributed by atoms with van der Waals surface area (Å²) in [5.74, 6) is 0.697. The van der Waals surface area contributed by atoms with Gasteiger partial charge in [0, 0.05) is 26.4 Å². The van der Waals surface area contributed by atoms with E-state index in [1.807, 2.05) is 0 Å². The van der Waals surface area contributed by atoms with Crippen molar-refractivity contribution in [1.82, 2.24) is 19.8 Å². The van der Waals surface area contributed by atoms with E-state index in [0.29, 0.717) is 42.6 Å². The number of benzene rings is 1. The van der Waals surface area contributed by atoms with E-state index < -0.39 is 10.0 Å². The normalized spacial score (nSPS) is 15.6. The molecule has 0 aliphatic carbocycles. The summed E-state index contributed by atoms with van der Waals surface area (Å²) < 4.78 is 32.0. The summed E-state index contributed by atoms with van der Waals surface area (Å²) in [5.41, 5.74) is 0.913. The van der Waals surface area contributed by atoms with E-state index in [9.17, 15) is 13.2 Å². The van der Waals surface area contributed by atoms with E-state index in [0.717, 1.165) is 24.8 Å². The number of nitrogens with zero attached hydrogens (tertiary/aromatic N) is 3. The average Bonchev–Trinajstić information content (AvgIpc) is 3.11. The molecule has 1 saturated heterocycles. The van der Waals surface area contributed by atoms with Crippen LogP contribution in [0.5, 0.6) is 0 Å². The predicted molar refractivity (Wildman–Crippen MR) is 98.3 cm³/mol. The number of nitrogens with one attached hydrogen (secondary N) is 1. The predicted octanol–water partition coefficient (Wildman–Crippen LogP) is 1.80. The van der Waals surface area contributed by atoms with Gasteiger partial charge in [-0.15, -0.1) is 10.2 Å². The summed E-state index contributed by atoms with van der Waals surface area (Å²) in [6, 6.07) is 6.79. The minimum atomic E-state index is -3.42. The Balaban J connectivity index is 1.50. The molecule has 3 rings (SSSR count). The van der Waals surface area contributed by atoms with Crippen molar-refractivity contribution in [3.05, 3.63) is 41.6 Å². The van der Waals surface area contributed by atoms with Gasteiger partial charge in [0.2, 0.25) is 27.7 Å². The molecule has 1 aromatic carbocycles. The maximum atomic E-state index is 12.6. The molecule has 0 spiro atoms. The van der Waals surface area contributed by atoms with E-state index in [4.69, 9.17) is 4.42 Å². The van der Waals surface area contributed by atoms with Crippen LogP contribution in [0.2, 0.25) is 0 Å². The Morgan fingerprint density at radius 2 is 1.85 bits per heavy atom. The third-order valence-corrected chi connectivity index (χ3v) is 6.43. The molecule has 1 aliphatic heterocycles. The van der Waals surface area contributed by atoms with Gasteiger partial charge in [0.15, 0.2) is 0 Å². The fourth-order valence-electron chi connectivity index (χ4n) is 3.01. The zero-order valence-electron chi connectivity index (χ0n) is 15.3. The van der Waals surface area contributed by atoms with Gasteiger partial charge in [-0.05, 0) is 37.0 Å². The van der Waals surface area contributed by atoms with E-state index in [-0.39, 0.29) is 12.5 Å². The first-order valence-corrected chi connectivity index (χ1v) is 10.5. The number of aryl methyl sites for hydroxylation is 2. The van der Waals surface area contributed by atoms with Crippen LogP contribution in [0, 0.1) is 6.92 Å². The van der Waals surface area contributed by atoms with E-state index in [1.54, 1.807) is 35.5 Å². The highest BCUT2D eigenvalue weighted by atomic mass is 32.2. The molecular formula is C18H24N4O4S. The molecular weight excluding hydrogens is 368 g/mol. The first-order chi connectivity index (χ1) is 12.9. The average molecular weight is 392 g/mol. The molecule has 0 bridgehead atoms. The second-order valence-corrected chi connectivity index (χ2v) is 8.54. The van der Waals surface area contributed by atoms with E-state index >= 15 is 0 Å². The Morgan fingerprint density at radius 1 is 1.15 bits per heavy atom. The summed E-state index contributed by atoms with van der Waals surface area (Å²) >= 11 is 0. The van der Waals surface area contributed by atoms with Gasteiger partial charge >= 0.3 is 0 Å². The second-order valence-electron chi connectivity index (χ2n) is 6.60. The number of hydrogen-bond acceptors (Lipinski definition) is 6. The third kappa shape index (κ3) is 5.14. The first kappa shape index (κ1) is 19.5.